The number of Topliss-reactive ketones (excluding diaryl/α,β-unsaturated/α-hetero) is 1. The van der Waals surface area contributed by atoms with Crippen LogP contribution in [0, 0.1) is 0 Å². The van der Waals surface area contributed by atoms with Gasteiger partial charge in [-0.25, -0.2) is 4.79 Å². The molecule has 150 valence electrons. The number of aromatic amines is 1. The lowest BCUT2D eigenvalue weighted by Crippen LogP contribution is -2.38. The molecule has 2 aromatic carbocycles. The van der Waals surface area contributed by atoms with Crippen LogP contribution in [0.15, 0.2) is 63.7 Å². The van der Waals surface area contributed by atoms with Gasteiger partial charge < -0.3 is 10.1 Å². The zero-order chi connectivity index (χ0) is 21.0. The van der Waals surface area contributed by atoms with E-state index in [9.17, 15) is 14.4 Å². The Morgan fingerprint density at radius 3 is 2.37 bits per heavy atom. The van der Waals surface area contributed by atoms with E-state index in [0.29, 0.717) is 40.5 Å². The van der Waals surface area contributed by atoms with Crippen LogP contribution in [0.4, 0.5) is 5.82 Å². The molecule has 5 rings (SSSR count). The summed E-state index contributed by atoms with van der Waals surface area (Å²) in [5.74, 6) is 0.378. The molecule has 0 spiro atoms. The number of H-pyrrole nitrogens is 1. The van der Waals surface area contributed by atoms with E-state index in [1.807, 2.05) is 37.3 Å². The minimum absolute atomic E-state index is 0.117. The van der Waals surface area contributed by atoms with Crippen LogP contribution in [0.3, 0.4) is 0 Å². The highest BCUT2D eigenvalue weighted by Crippen LogP contribution is 2.47. The number of methoxy groups -OCH3 is 1. The van der Waals surface area contributed by atoms with Gasteiger partial charge in [0.1, 0.15) is 11.6 Å². The molecule has 0 saturated heterocycles. The summed E-state index contributed by atoms with van der Waals surface area (Å²) in [6.45, 7) is 2.21. The first-order valence-electron chi connectivity index (χ1n) is 9.71. The predicted octanol–water partition coefficient (Wildman–Crippen LogP) is 2.73. The van der Waals surface area contributed by atoms with E-state index in [-0.39, 0.29) is 5.78 Å². The summed E-state index contributed by atoms with van der Waals surface area (Å²) in [6.07, 6.45) is 0. The third kappa shape index (κ3) is 2.41. The van der Waals surface area contributed by atoms with E-state index in [2.05, 4.69) is 10.3 Å². The molecular formula is C23H19N3O4. The fourth-order valence-electron chi connectivity index (χ4n) is 4.40. The highest BCUT2D eigenvalue weighted by atomic mass is 16.5. The normalized spacial score (nSPS) is 16.6. The van der Waals surface area contributed by atoms with Crippen molar-refractivity contribution in [2.24, 2.45) is 0 Å². The van der Waals surface area contributed by atoms with Crippen molar-refractivity contribution >= 4 is 17.3 Å². The second-order valence-corrected chi connectivity index (χ2v) is 7.26. The van der Waals surface area contributed by atoms with Gasteiger partial charge in [0.05, 0.1) is 18.4 Å². The van der Waals surface area contributed by atoms with Gasteiger partial charge in [0.25, 0.3) is 5.56 Å². The van der Waals surface area contributed by atoms with Crippen molar-refractivity contribution in [3.8, 4) is 5.75 Å². The van der Waals surface area contributed by atoms with Crippen LogP contribution in [-0.2, 0) is 6.54 Å². The van der Waals surface area contributed by atoms with Gasteiger partial charge in [-0.15, -0.1) is 0 Å². The van der Waals surface area contributed by atoms with E-state index in [1.54, 1.807) is 25.3 Å². The molecule has 1 aliphatic heterocycles. The summed E-state index contributed by atoms with van der Waals surface area (Å²) >= 11 is 0. The summed E-state index contributed by atoms with van der Waals surface area (Å²) in [6, 6.07) is 14.6. The number of nitrogens with one attached hydrogen (secondary N) is 2. The summed E-state index contributed by atoms with van der Waals surface area (Å²) in [4.78, 5) is 41.2. The average molecular weight is 401 g/mol. The number of ketones is 1. The van der Waals surface area contributed by atoms with Crippen LogP contribution in [0.2, 0.25) is 0 Å². The molecule has 1 atom stereocenters. The second kappa shape index (κ2) is 6.59. The molecule has 3 aromatic rings. The van der Waals surface area contributed by atoms with Crippen LogP contribution >= 0.6 is 0 Å². The SMILES string of the molecule is CCn1c2c(c(=O)[nH]c1=O)[C@H](c1ccc(OC)cc1)C1=C(N2)c2ccccc2C1=O. The molecule has 0 unspecified atom stereocenters. The molecule has 7 heteroatoms. The lowest BCUT2D eigenvalue weighted by molar-refractivity contribution is 0.103. The Hall–Kier alpha value is -3.87. The summed E-state index contributed by atoms with van der Waals surface area (Å²) in [5.41, 5.74) is 2.68. The molecule has 2 aliphatic rings. The largest absolute Gasteiger partial charge is 0.497 e. The highest BCUT2D eigenvalue weighted by Gasteiger charge is 2.42. The smallest absolute Gasteiger partial charge is 0.329 e. The number of hydrogen-bond acceptors (Lipinski definition) is 5. The minimum Gasteiger partial charge on any atom is -0.497 e. The van der Waals surface area contributed by atoms with Gasteiger partial charge in [0.2, 0.25) is 0 Å². The molecule has 0 radical (unpaired) electrons. The van der Waals surface area contributed by atoms with Crippen LogP contribution < -0.4 is 21.3 Å². The van der Waals surface area contributed by atoms with Crippen molar-refractivity contribution in [1.82, 2.24) is 9.55 Å². The number of rotatable bonds is 3. The first kappa shape index (κ1) is 18.2. The summed E-state index contributed by atoms with van der Waals surface area (Å²) in [5, 5.41) is 3.25. The number of allylic oxidation sites excluding steroid dienone is 1. The van der Waals surface area contributed by atoms with Crippen molar-refractivity contribution in [2.75, 3.05) is 12.4 Å². The minimum atomic E-state index is -0.607. The van der Waals surface area contributed by atoms with E-state index < -0.39 is 17.2 Å². The average Bonchev–Trinajstić information content (AvgIpc) is 3.05. The van der Waals surface area contributed by atoms with Crippen LogP contribution in [0.5, 0.6) is 5.75 Å². The van der Waals surface area contributed by atoms with Gasteiger partial charge in [0.15, 0.2) is 5.78 Å². The maximum Gasteiger partial charge on any atom is 0.329 e. The van der Waals surface area contributed by atoms with Crippen molar-refractivity contribution in [2.45, 2.75) is 19.4 Å². The van der Waals surface area contributed by atoms with Crippen LogP contribution in [-0.4, -0.2) is 22.4 Å². The Kier molecular flexibility index (Phi) is 3.99. The van der Waals surface area contributed by atoms with Gasteiger partial charge >= 0.3 is 5.69 Å². The fourth-order valence-corrected chi connectivity index (χ4v) is 4.40. The zero-order valence-corrected chi connectivity index (χ0v) is 16.5. The van der Waals surface area contributed by atoms with Gasteiger partial charge in [-0.05, 0) is 24.6 Å². The molecule has 0 saturated carbocycles. The Morgan fingerprint density at radius 1 is 1.00 bits per heavy atom. The third-order valence-corrected chi connectivity index (χ3v) is 5.78. The molecular weight excluding hydrogens is 382 g/mol. The fraction of sp³-hybridized carbons (Fsp3) is 0.174. The van der Waals surface area contributed by atoms with Crippen LogP contribution in [0.25, 0.3) is 5.70 Å². The number of ether oxygens (including phenoxy) is 1. The number of anilines is 1. The molecule has 2 heterocycles. The van der Waals surface area contributed by atoms with E-state index in [4.69, 9.17) is 4.74 Å². The summed E-state index contributed by atoms with van der Waals surface area (Å²) < 4.78 is 6.74. The van der Waals surface area contributed by atoms with Gasteiger partial charge in [-0.3, -0.25) is 19.1 Å². The molecule has 0 bridgehead atoms. The predicted molar refractivity (Wildman–Crippen MR) is 113 cm³/mol. The monoisotopic (exact) mass is 401 g/mol. The first-order chi connectivity index (χ1) is 14.5. The lowest BCUT2D eigenvalue weighted by Gasteiger charge is -2.29. The molecule has 7 nitrogen and oxygen atoms in total. The number of carbonyl (C=O) groups is 1. The maximum atomic E-state index is 13.4. The third-order valence-electron chi connectivity index (χ3n) is 5.78. The standard InChI is InChI=1S/C23H19N3O4/c1-3-26-21-18(22(28)25-23(26)29)16(12-8-10-13(30-2)11-9-12)17-19(24-21)14-6-4-5-7-15(14)20(17)27/h4-11,16,24H,3H2,1-2H3,(H,25,28,29)/t16-/m1/s1. The van der Waals surface area contributed by atoms with Gasteiger partial charge in [-0.1, -0.05) is 36.4 Å². The number of nitrogens with zero attached hydrogens (tertiary/aromatic N) is 1. The number of carbonyl (C=O) groups excluding carboxylic acids is 1. The first-order valence-corrected chi connectivity index (χ1v) is 9.71. The number of benzene rings is 2. The summed E-state index contributed by atoms with van der Waals surface area (Å²) in [7, 11) is 1.58. The highest BCUT2D eigenvalue weighted by molar-refractivity contribution is 6.23. The Bertz CT molecular complexity index is 1350. The lowest BCUT2D eigenvalue weighted by atomic mass is 9.81. The molecule has 0 amide bonds. The van der Waals surface area contributed by atoms with Crippen molar-refractivity contribution in [3.05, 3.63) is 97.2 Å². The Morgan fingerprint density at radius 2 is 1.70 bits per heavy atom. The number of hydrogen-bond donors (Lipinski definition) is 2. The Labute approximate surface area is 171 Å². The van der Waals surface area contributed by atoms with Crippen molar-refractivity contribution in [3.63, 3.8) is 0 Å². The van der Waals surface area contributed by atoms with Crippen molar-refractivity contribution < 1.29 is 9.53 Å². The Balaban J connectivity index is 1.84. The molecule has 30 heavy (non-hydrogen) atoms. The van der Waals surface area contributed by atoms with Gasteiger partial charge in [-0.2, -0.15) is 0 Å². The quantitative estimate of drug-likeness (QED) is 0.704. The van der Waals surface area contributed by atoms with E-state index >= 15 is 0 Å². The second-order valence-electron chi connectivity index (χ2n) is 7.26. The zero-order valence-electron chi connectivity index (χ0n) is 16.5. The van der Waals surface area contributed by atoms with E-state index in [1.165, 1.54) is 4.57 Å². The number of aromatic nitrogens is 2. The number of fused-ring (bicyclic) bond motifs is 3. The maximum absolute atomic E-state index is 13.4. The molecule has 2 N–H and O–H groups in total. The molecule has 0 fully saturated rings. The molecule has 1 aliphatic carbocycles. The van der Waals surface area contributed by atoms with Gasteiger partial charge in [0, 0.05) is 29.2 Å². The van der Waals surface area contributed by atoms with Crippen molar-refractivity contribution in [1.29, 1.82) is 0 Å². The molecule has 1 aromatic heterocycles. The van der Waals surface area contributed by atoms with Crippen LogP contribution in [0.1, 0.15) is 39.9 Å². The van der Waals surface area contributed by atoms with E-state index in [0.717, 1.165) is 11.1 Å². The topological polar surface area (TPSA) is 93.2 Å².